The summed E-state index contributed by atoms with van der Waals surface area (Å²) in [7, 11) is 0. The van der Waals surface area contributed by atoms with Gasteiger partial charge in [-0.2, -0.15) is 0 Å². The van der Waals surface area contributed by atoms with E-state index in [2.05, 4.69) is 5.32 Å². The molecule has 0 spiro atoms. The largest absolute Gasteiger partial charge is 0.508 e. The number of aromatic hydroxyl groups is 1. The van der Waals surface area contributed by atoms with E-state index in [4.69, 9.17) is 17.3 Å². The molecule has 5 heteroatoms. The zero-order valence-electron chi connectivity index (χ0n) is 11.6. The van der Waals surface area contributed by atoms with Gasteiger partial charge in [-0.3, -0.25) is 4.79 Å². The molecule has 1 amide bonds. The minimum atomic E-state index is -0.662. The molecule has 0 bridgehead atoms. The van der Waals surface area contributed by atoms with Crippen molar-refractivity contribution in [3.8, 4) is 5.75 Å². The standard InChI is InChI=1S/C16H17ClN2O2/c1-10-8-12(17)4-7-15(10)19-16(21)14(18)9-11-2-5-13(20)6-3-11/h2-8,14,20H,9,18H2,1H3,(H,19,21). The molecule has 1 atom stereocenters. The van der Waals surface area contributed by atoms with Crippen molar-refractivity contribution in [1.29, 1.82) is 0 Å². The minimum Gasteiger partial charge on any atom is -0.508 e. The zero-order chi connectivity index (χ0) is 15.4. The van der Waals surface area contributed by atoms with Gasteiger partial charge in [-0.05, 0) is 54.8 Å². The molecular formula is C16H17ClN2O2. The number of nitrogens with two attached hydrogens (primary N) is 1. The normalized spacial score (nSPS) is 12.0. The highest BCUT2D eigenvalue weighted by Gasteiger charge is 2.15. The molecular weight excluding hydrogens is 288 g/mol. The third kappa shape index (κ3) is 4.21. The molecule has 0 saturated carbocycles. The first-order valence-electron chi connectivity index (χ1n) is 6.56. The molecule has 4 nitrogen and oxygen atoms in total. The Hall–Kier alpha value is -2.04. The number of nitrogens with one attached hydrogen (secondary N) is 1. The number of benzene rings is 2. The molecule has 0 heterocycles. The lowest BCUT2D eigenvalue weighted by Gasteiger charge is -2.14. The molecule has 0 aliphatic heterocycles. The predicted octanol–water partition coefficient (Wildman–Crippen LogP) is 2.86. The SMILES string of the molecule is Cc1cc(Cl)ccc1NC(=O)C(N)Cc1ccc(O)cc1. The Bertz CT molecular complexity index is 641. The fraction of sp³-hybridized carbons (Fsp3) is 0.188. The van der Waals surface area contributed by atoms with Gasteiger partial charge in [-0.25, -0.2) is 0 Å². The van der Waals surface area contributed by atoms with Crippen LogP contribution in [0.4, 0.5) is 5.69 Å². The molecule has 21 heavy (non-hydrogen) atoms. The summed E-state index contributed by atoms with van der Waals surface area (Å²) in [5.41, 5.74) is 8.39. The second-order valence-corrected chi connectivity index (χ2v) is 5.36. The number of phenols is 1. The second kappa shape index (κ2) is 6.61. The lowest BCUT2D eigenvalue weighted by Crippen LogP contribution is -2.37. The van der Waals surface area contributed by atoms with Crippen LogP contribution in [0.5, 0.6) is 5.75 Å². The first-order chi connectivity index (χ1) is 9.95. The molecule has 0 fully saturated rings. The third-order valence-corrected chi connectivity index (χ3v) is 3.41. The molecule has 2 aromatic carbocycles. The van der Waals surface area contributed by atoms with E-state index in [0.29, 0.717) is 17.1 Å². The number of anilines is 1. The van der Waals surface area contributed by atoms with Crippen LogP contribution in [0, 0.1) is 6.92 Å². The average molecular weight is 305 g/mol. The van der Waals surface area contributed by atoms with E-state index in [1.807, 2.05) is 6.92 Å². The van der Waals surface area contributed by atoms with Gasteiger partial charge >= 0.3 is 0 Å². The maximum absolute atomic E-state index is 12.1. The summed E-state index contributed by atoms with van der Waals surface area (Å²) in [5.74, 6) is -0.0675. The predicted molar refractivity (Wildman–Crippen MR) is 84.6 cm³/mol. The van der Waals surface area contributed by atoms with Crippen LogP contribution in [0.15, 0.2) is 42.5 Å². The highest BCUT2D eigenvalue weighted by Crippen LogP contribution is 2.20. The fourth-order valence-electron chi connectivity index (χ4n) is 1.97. The summed E-state index contributed by atoms with van der Waals surface area (Å²) in [6, 6.07) is 11.2. The Morgan fingerprint density at radius 3 is 2.57 bits per heavy atom. The Balaban J connectivity index is 2.00. The number of carbonyl (C=O) groups is 1. The van der Waals surface area contributed by atoms with Crippen LogP contribution in [0.2, 0.25) is 5.02 Å². The van der Waals surface area contributed by atoms with E-state index < -0.39 is 6.04 Å². The van der Waals surface area contributed by atoms with Crippen LogP contribution < -0.4 is 11.1 Å². The van der Waals surface area contributed by atoms with Crippen LogP contribution in [0.25, 0.3) is 0 Å². The van der Waals surface area contributed by atoms with Crippen molar-refractivity contribution in [2.45, 2.75) is 19.4 Å². The number of phenolic OH excluding ortho intramolecular Hbond substituents is 1. The Labute approximate surface area is 128 Å². The highest BCUT2D eigenvalue weighted by molar-refractivity contribution is 6.30. The van der Waals surface area contributed by atoms with E-state index in [9.17, 15) is 9.90 Å². The summed E-state index contributed by atoms with van der Waals surface area (Å²) in [4.78, 5) is 12.1. The summed E-state index contributed by atoms with van der Waals surface area (Å²) >= 11 is 5.88. The number of hydrogen-bond acceptors (Lipinski definition) is 3. The van der Waals surface area contributed by atoms with Crippen molar-refractivity contribution in [2.75, 3.05) is 5.32 Å². The molecule has 0 aromatic heterocycles. The van der Waals surface area contributed by atoms with Crippen molar-refractivity contribution in [3.05, 3.63) is 58.6 Å². The zero-order valence-corrected chi connectivity index (χ0v) is 12.4. The van der Waals surface area contributed by atoms with Gasteiger partial charge in [-0.15, -0.1) is 0 Å². The Morgan fingerprint density at radius 1 is 1.29 bits per heavy atom. The molecule has 1 unspecified atom stereocenters. The Morgan fingerprint density at radius 2 is 1.95 bits per heavy atom. The molecule has 4 N–H and O–H groups in total. The summed E-state index contributed by atoms with van der Waals surface area (Å²) < 4.78 is 0. The van der Waals surface area contributed by atoms with Crippen molar-refractivity contribution in [1.82, 2.24) is 0 Å². The van der Waals surface area contributed by atoms with Crippen LogP contribution in [0.3, 0.4) is 0 Å². The molecule has 0 aliphatic rings. The first kappa shape index (κ1) is 15.4. The monoisotopic (exact) mass is 304 g/mol. The van der Waals surface area contributed by atoms with E-state index in [0.717, 1.165) is 11.1 Å². The van der Waals surface area contributed by atoms with Gasteiger partial charge in [0.2, 0.25) is 5.91 Å². The average Bonchev–Trinajstić information content (AvgIpc) is 2.44. The van der Waals surface area contributed by atoms with E-state index in [1.54, 1.807) is 42.5 Å². The van der Waals surface area contributed by atoms with Gasteiger partial charge in [0.15, 0.2) is 0 Å². The van der Waals surface area contributed by atoms with Crippen molar-refractivity contribution < 1.29 is 9.90 Å². The summed E-state index contributed by atoms with van der Waals surface area (Å²) in [6.45, 7) is 1.87. The van der Waals surface area contributed by atoms with Gasteiger partial charge in [0.1, 0.15) is 5.75 Å². The summed E-state index contributed by atoms with van der Waals surface area (Å²) in [5, 5.41) is 12.6. The first-order valence-corrected chi connectivity index (χ1v) is 6.94. The Kier molecular flexibility index (Phi) is 4.83. The van der Waals surface area contributed by atoms with Crippen LogP contribution in [0.1, 0.15) is 11.1 Å². The maximum Gasteiger partial charge on any atom is 0.241 e. The molecule has 0 aliphatic carbocycles. The number of hydrogen-bond donors (Lipinski definition) is 3. The third-order valence-electron chi connectivity index (χ3n) is 3.18. The van der Waals surface area contributed by atoms with Crippen molar-refractivity contribution in [2.24, 2.45) is 5.73 Å². The second-order valence-electron chi connectivity index (χ2n) is 4.93. The molecule has 0 radical (unpaired) electrons. The van der Waals surface area contributed by atoms with E-state index >= 15 is 0 Å². The topological polar surface area (TPSA) is 75.4 Å². The smallest absolute Gasteiger partial charge is 0.241 e. The lowest BCUT2D eigenvalue weighted by molar-refractivity contribution is -0.117. The lowest BCUT2D eigenvalue weighted by atomic mass is 10.1. The van der Waals surface area contributed by atoms with Gasteiger partial charge in [0.05, 0.1) is 6.04 Å². The fourth-order valence-corrected chi connectivity index (χ4v) is 2.20. The number of rotatable bonds is 4. The molecule has 110 valence electrons. The highest BCUT2D eigenvalue weighted by atomic mass is 35.5. The molecule has 2 rings (SSSR count). The van der Waals surface area contributed by atoms with Gasteiger partial charge in [-0.1, -0.05) is 23.7 Å². The maximum atomic E-state index is 12.1. The minimum absolute atomic E-state index is 0.188. The van der Waals surface area contributed by atoms with Crippen LogP contribution in [-0.2, 0) is 11.2 Å². The summed E-state index contributed by atoms with van der Waals surface area (Å²) in [6.07, 6.45) is 0.402. The van der Waals surface area contributed by atoms with Gasteiger partial charge in [0, 0.05) is 10.7 Å². The number of halogens is 1. The quantitative estimate of drug-likeness (QED) is 0.813. The van der Waals surface area contributed by atoms with E-state index in [-0.39, 0.29) is 11.7 Å². The van der Waals surface area contributed by atoms with Crippen molar-refractivity contribution >= 4 is 23.2 Å². The van der Waals surface area contributed by atoms with Crippen LogP contribution in [-0.4, -0.2) is 17.1 Å². The van der Waals surface area contributed by atoms with Crippen molar-refractivity contribution in [3.63, 3.8) is 0 Å². The van der Waals surface area contributed by atoms with Gasteiger partial charge in [0.25, 0.3) is 0 Å². The number of aryl methyl sites for hydroxylation is 1. The van der Waals surface area contributed by atoms with Crippen LogP contribution >= 0.6 is 11.6 Å². The number of amides is 1. The molecule has 2 aromatic rings. The van der Waals surface area contributed by atoms with Gasteiger partial charge < -0.3 is 16.2 Å². The van der Waals surface area contributed by atoms with E-state index in [1.165, 1.54) is 0 Å². The molecule has 0 saturated heterocycles. The number of carbonyl (C=O) groups excluding carboxylic acids is 1.